The molecule has 0 unspecified atom stereocenters. The average molecular weight is 287 g/mol. The van der Waals surface area contributed by atoms with E-state index in [1.807, 2.05) is 43.3 Å². The summed E-state index contributed by atoms with van der Waals surface area (Å²) in [7, 11) is 1.56. The van der Waals surface area contributed by atoms with Crippen molar-refractivity contribution in [2.75, 3.05) is 13.7 Å². The van der Waals surface area contributed by atoms with E-state index in [1.165, 1.54) is 0 Å². The topological polar surface area (TPSA) is 61.6 Å². The molecule has 0 spiro atoms. The summed E-state index contributed by atoms with van der Waals surface area (Å²) in [6.07, 6.45) is 0.464. The minimum absolute atomic E-state index is 0.122. The van der Waals surface area contributed by atoms with Crippen LogP contribution in [0.1, 0.15) is 24.8 Å². The maximum absolute atomic E-state index is 11.0. The first kappa shape index (κ1) is 13.8. The van der Waals surface area contributed by atoms with Gasteiger partial charge in [-0.2, -0.15) is 0 Å². The summed E-state index contributed by atoms with van der Waals surface area (Å²) in [5.41, 5.74) is 0.916. The van der Waals surface area contributed by atoms with Gasteiger partial charge in [0.2, 0.25) is 12.3 Å². The van der Waals surface area contributed by atoms with Crippen LogP contribution in [0.25, 0.3) is 10.8 Å². The van der Waals surface area contributed by atoms with Gasteiger partial charge in [-0.25, -0.2) is 0 Å². The fourth-order valence-electron chi connectivity index (χ4n) is 3.07. The molecule has 1 heterocycles. The Labute approximate surface area is 122 Å². The van der Waals surface area contributed by atoms with E-state index in [1.54, 1.807) is 7.11 Å². The fourth-order valence-corrected chi connectivity index (χ4v) is 3.07. The van der Waals surface area contributed by atoms with E-state index in [4.69, 9.17) is 9.47 Å². The van der Waals surface area contributed by atoms with Crippen LogP contribution in [0.3, 0.4) is 0 Å². The zero-order valence-electron chi connectivity index (χ0n) is 12.0. The first-order chi connectivity index (χ1) is 10.0. The molecule has 0 bridgehead atoms. The van der Waals surface area contributed by atoms with Crippen molar-refractivity contribution >= 4 is 10.8 Å². The van der Waals surface area contributed by atoms with Gasteiger partial charge in [0.15, 0.2) is 0 Å². The second-order valence-electron chi connectivity index (χ2n) is 5.55. The van der Waals surface area contributed by atoms with Crippen molar-refractivity contribution in [3.05, 3.63) is 52.1 Å². The molecule has 1 aliphatic heterocycles. The molecular weight excluding hydrogens is 270 g/mol. The van der Waals surface area contributed by atoms with E-state index in [-0.39, 0.29) is 17.4 Å². The van der Waals surface area contributed by atoms with E-state index < -0.39 is 5.79 Å². The number of benzene rings is 2. The van der Waals surface area contributed by atoms with Crippen LogP contribution in [-0.4, -0.2) is 24.4 Å². The molecule has 2 atom stereocenters. The molecule has 0 N–H and O–H groups in total. The Hall–Kier alpha value is -2.14. The normalized spacial score (nSPS) is 24.4. The van der Waals surface area contributed by atoms with Gasteiger partial charge in [0.1, 0.15) is 5.75 Å². The van der Waals surface area contributed by atoms with E-state index in [2.05, 4.69) is 0 Å². The Morgan fingerprint density at radius 1 is 1.38 bits per heavy atom. The largest absolute Gasteiger partial charge is 0.462 e. The monoisotopic (exact) mass is 287 g/mol. The Kier molecular flexibility index (Phi) is 3.29. The molecule has 2 aromatic carbocycles. The van der Waals surface area contributed by atoms with Crippen LogP contribution in [0.2, 0.25) is 0 Å². The number of nitrogens with zero attached hydrogens (tertiary/aromatic N) is 1. The Bertz CT molecular complexity index is 700. The van der Waals surface area contributed by atoms with Gasteiger partial charge in [-0.1, -0.05) is 30.3 Å². The highest BCUT2D eigenvalue weighted by Crippen LogP contribution is 2.44. The zero-order chi connectivity index (χ0) is 15.0. The maximum Gasteiger partial charge on any atom is 0.211 e. The molecule has 5 heteroatoms. The summed E-state index contributed by atoms with van der Waals surface area (Å²) in [6.45, 7) is 1.70. The van der Waals surface area contributed by atoms with E-state index in [0.29, 0.717) is 12.2 Å². The number of ether oxygens (including phenoxy) is 2. The summed E-state index contributed by atoms with van der Waals surface area (Å²) in [5.74, 6) is -0.369. The first-order valence-corrected chi connectivity index (χ1v) is 6.90. The van der Waals surface area contributed by atoms with Crippen molar-refractivity contribution < 1.29 is 14.4 Å². The number of rotatable bonds is 3. The molecule has 110 valence electrons. The van der Waals surface area contributed by atoms with Gasteiger partial charge >= 0.3 is 0 Å². The molecule has 0 amide bonds. The molecule has 3 rings (SSSR count). The number of methoxy groups -OCH3 is 1. The second kappa shape index (κ2) is 5.00. The number of nitro groups is 1. The maximum atomic E-state index is 11.0. The predicted octanol–water partition coefficient (Wildman–Crippen LogP) is 3.35. The van der Waals surface area contributed by atoms with Crippen molar-refractivity contribution in [1.29, 1.82) is 0 Å². The van der Waals surface area contributed by atoms with Crippen LogP contribution in [0.4, 0.5) is 0 Å². The lowest BCUT2D eigenvalue weighted by molar-refractivity contribution is -0.485. The summed E-state index contributed by atoms with van der Waals surface area (Å²) < 4.78 is 11.4. The van der Waals surface area contributed by atoms with Gasteiger partial charge in [-0.3, -0.25) is 10.1 Å². The lowest BCUT2D eigenvalue weighted by Gasteiger charge is -2.38. The summed E-state index contributed by atoms with van der Waals surface area (Å²) in [6, 6.07) is 11.7. The SMILES string of the molecule is CO[C@]1(C)C[C@H](C[N+](=O)[O-])c2c(ccc3ccccc23)O1. The Morgan fingerprint density at radius 3 is 2.86 bits per heavy atom. The average Bonchev–Trinajstić information content (AvgIpc) is 2.46. The molecule has 0 aromatic heterocycles. The number of fused-ring (bicyclic) bond motifs is 3. The summed E-state index contributed by atoms with van der Waals surface area (Å²) >= 11 is 0. The molecule has 2 aromatic rings. The molecule has 1 aliphatic rings. The van der Waals surface area contributed by atoms with Crippen LogP contribution in [0, 0.1) is 10.1 Å². The third kappa shape index (κ3) is 2.45. The molecule has 21 heavy (non-hydrogen) atoms. The Morgan fingerprint density at radius 2 is 2.14 bits per heavy atom. The van der Waals surface area contributed by atoms with E-state index in [0.717, 1.165) is 16.3 Å². The second-order valence-corrected chi connectivity index (χ2v) is 5.55. The van der Waals surface area contributed by atoms with Crippen molar-refractivity contribution in [2.45, 2.75) is 25.0 Å². The van der Waals surface area contributed by atoms with E-state index >= 15 is 0 Å². The third-order valence-electron chi connectivity index (χ3n) is 4.08. The van der Waals surface area contributed by atoms with Gasteiger partial charge < -0.3 is 9.47 Å². The Balaban J connectivity index is 2.18. The highest BCUT2D eigenvalue weighted by molar-refractivity contribution is 5.88. The van der Waals surface area contributed by atoms with Crippen LogP contribution in [0.15, 0.2) is 36.4 Å². The van der Waals surface area contributed by atoms with Gasteiger partial charge in [0, 0.05) is 30.9 Å². The molecule has 5 nitrogen and oxygen atoms in total. The summed E-state index contributed by atoms with van der Waals surface area (Å²) in [4.78, 5) is 10.8. The predicted molar refractivity (Wildman–Crippen MR) is 79.2 cm³/mol. The minimum atomic E-state index is -0.823. The smallest absolute Gasteiger partial charge is 0.211 e. The summed E-state index contributed by atoms with van der Waals surface area (Å²) in [5, 5.41) is 13.1. The molecule has 0 fully saturated rings. The van der Waals surface area contributed by atoms with Gasteiger partial charge in [0.25, 0.3) is 0 Å². The van der Waals surface area contributed by atoms with Crippen LogP contribution in [0.5, 0.6) is 5.75 Å². The lowest BCUT2D eigenvalue weighted by Crippen LogP contribution is -2.41. The number of hydrogen-bond donors (Lipinski definition) is 0. The van der Waals surface area contributed by atoms with Crippen LogP contribution in [-0.2, 0) is 4.74 Å². The van der Waals surface area contributed by atoms with Crippen molar-refractivity contribution in [2.24, 2.45) is 0 Å². The highest BCUT2D eigenvalue weighted by Gasteiger charge is 2.40. The standard InChI is InChI=1S/C16H17NO4/c1-16(20-2)9-12(10-17(18)19)15-13-6-4-3-5-11(13)7-8-14(15)21-16/h3-8,12H,9-10H2,1-2H3/t12-,16+/m1/s1. The lowest BCUT2D eigenvalue weighted by atomic mass is 9.85. The minimum Gasteiger partial charge on any atom is -0.462 e. The molecule has 0 saturated heterocycles. The molecular formula is C16H17NO4. The van der Waals surface area contributed by atoms with Crippen molar-refractivity contribution in [3.63, 3.8) is 0 Å². The van der Waals surface area contributed by atoms with Crippen molar-refractivity contribution in [3.8, 4) is 5.75 Å². The number of hydrogen-bond acceptors (Lipinski definition) is 4. The van der Waals surface area contributed by atoms with Crippen molar-refractivity contribution in [1.82, 2.24) is 0 Å². The first-order valence-electron chi connectivity index (χ1n) is 6.90. The zero-order valence-corrected chi connectivity index (χ0v) is 12.0. The van der Waals surface area contributed by atoms with Gasteiger partial charge in [-0.15, -0.1) is 0 Å². The van der Waals surface area contributed by atoms with E-state index in [9.17, 15) is 10.1 Å². The molecule has 0 saturated carbocycles. The third-order valence-corrected chi connectivity index (χ3v) is 4.08. The fraction of sp³-hybridized carbons (Fsp3) is 0.375. The quantitative estimate of drug-likeness (QED) is 0.641. The van der Waals surface area contributed by atoms with Gasteiger partial charge in [0.05, 0.1) is 5.92 Å². The van der Waals surface area contributed by atoms with Crippen LogP contribution < -0.4 is 4.74 Å². The van der Waals surface area contributed by atoms with Gasteiger partial charge in [-0.05, 0) is 16.8 Å². The van der Waals surface area contributed by atoms with Crippen LogP contribution >= 0.6 is 0 Å². The highest BCUT2D eigenvalue weighted by atomic mass is 16.7. The molecule has 0 aliphatic carbocycles. The molecule has 0 radical (unpaired) electrons.